The average molecular weight is 438 g/mol. The molecule has 1 aliphatic heterocycles. The van der Waals surface area contributed by atoms with Crippen LogP contribution in [-0.2, 0) is 19.5 Å². The summed E-state index contributed by atoms with van der Waals surface area (Å²) >= 11 is 0. The van der Waals surface area contributed by atoms with Crippen molar-refractivity contribution < 1.29 is 13.7 Å². The molecule has 1 N–H and O–H groups in total. The van der Waals surface area contributed by atoms with Gasteiger partial charge in [0, 0.05) is 51.8 Å². The molecule has 4 rings (SSSR count). The summed E-state index contributed by atoms with van der Waals surface area (Å²) in [4.78, 5) is 9.65. The number of aromatic nitrogens is 1. The van der Waals surface area contributed by atoms with Gasteiger partial charge in [-0.2, -0.15) is 0 Å². The molecule has 0 radical (unpaired) electrons. The summed E-state index contributed by atoms with van der Waals surface area (Å²) in [6.07, 6.45) is 2.53. The van der Waals surface area contributed by atoms with Crippen LogP contribution in [-0.4, -0.2) is 60.7 Å². The number of rotatable bonds is 8. The molecule has 1 aliphatic rings. The van der Waals surface area contributed by atoms with Crippen LogP contribution in [0, 0.1) is 6.92 Å². The Bertz CT molecular complexity index is 974. The van der Waals surface area contributed by atoms with Crippen LogP contribution in [0.15, 0.2) is 62.7 Å². The minimum atomic E-state index is 0.617. The fourth-order valence-corrected chi connectivity index (χ4v) is 3.76. The van der Waals surface area contributed by atoms with Crippen LogP contribution in [0.2, 0.25) is 0 Å². The number of nitrogens with zero attached hydrogens (tertiary/aromatic N) is 4. The zero-order valence-corrected chi connectivity index (χ0v) is 18.8. The van der Waals surface area contributed by atoms with E-state index >= 15 is 0 Å². The van der Waals surface area contributed by atoms with Crippen molar-refractivity contribution in [3.05, 3.63) is 71.5 Å². The van der Waals surface area contributed by atoms with E-state index in [2.05, 4.69) is 32.4 Å². The van der Waals surface area contributed by atoms with Crippen LogP contribution < -0.4 is 10.1 Å². The molecule has 0 spiro atoms. The van der Waals surface area contributed by atoms with Gasteiger partial charge in [0.15, 0.2) is 5.96 Å². The van der Waals surface area contributed by atoms with Crippen LogP contribution in [0.25, 0.3) is 0 Å². The van der Waals surface area contributed by atoms with E-state index in [1.165, 1.54) is 0 Å². The Balaban J connectivity index is 1.36. The maximum atomic E-state index is 5.46. The predicted molar refractivity (Wildman–Crippen MR) is 123 cm³/mol. The molecule has 0 bridgehead atoms. The van der Waals surface area contributed by atoms with E-state index in [0.717, 1.165) is 80.2 Å². The monoisotopic (exact) mass is 437 g/mol. The maximum absolute atomic E-state index is 5.46. The molecule has 0 atom stereocenters. The van der Waals surface area contributed by atoms with Gasteiger partial charge in [-0.05, 0) is 36.8 Å². The molecule has 32 heavy (non-hydrogen) atoms. The van der Waals surface area contributed by atoms with Gasteiger partial charge < -0.3 is 23.9 Å². The van der Waals surface area contributed by atoms with E-state index in [4.69, 9.17) is 18.7 Å². The topological polar surface area (TPSA) is 79.3 Å². The number of guanidine groups is 1. The number of benzene rings is 1. The van der Waals surface area contributed by atoms with Gasteiger partial charge in [0.1, 0.15) is 17.3 Å². The number of furan rings is 1. The molecule has 1 fully saturated rings. The minimum Gasteiger partial charge on any atom is -0.497 e. The van der Waals surface area contributed by atoms with Gasteiger partial charge in [-0.1, -0.05) is 17.3 Å². The number of nitrogens with one attached hydrogen (secondary N) is 1. The standard InChI is InChI=1S/C24H31N5O3/c1-19-16-21(27-32-19)18-28-11-13-29(14-12-28)24(25-10-9-23-4-3-15-31-23)26-17-20-5-7-22(30-2)8-6-20/h3-8,15-16H,9-14,17-18H2,1-2H3,(H,25,26). The highest BCUT2D eigenvalue weighted by atomic mass is 16.5. The van der Waals surface area contributed by atoms with Gasteiger partial charge in [0.25, 0.3) is 0 Å². The highest BCUT2D eigenvalue weighted by molar-refractivity contribution is 5.80. The first-order valence-corrected chi connectivity index (χ1v) is 11.0. The van der Waals surface area contributed by atoms with E-state index in [-0.39, 0.29) is 0 Å². The number of ether oxygens (including phenoxy) is 1. The van der Waals surface area contributed by atoms with Gasteiger partial charge >= 0.3 is 0 Å². The van der Waals surface area contributed by atoms with Crippen molar-refractivity contribution in [2.45, 2.75) is 26.4 Å². The summed E-state index contributed by atoms with van der Waals surface area (Å²) in [5.41, 5.74) is 2.14. The van der Waals surface area contributed by atoms with Crippen molar-refractivity contribution in [3.8, 4) is 5.75 Å². The summed E-state index contributed by atoms with van der Waals surface area (Å²) in [5, 5.41) is 7.65. The maximum Gasteiger partial charge on any atom is 0.194 e. The molecule has 3 aromatic rings. The molecule has 0 unspecified atom stereocenters. The van der Waals surface area contributed by atoms with Crippen LogP contribution in [0.3, 0.4) is 0 Å². The van der Waals surface area contributed by atoms with Crippen molar-refractivity contribution in [3.63, 3.8) is 0 Å². The first-order chi connectivity index (χ1) is 15.7. The van der Waals surface area contributed by atoms with Crippen LogP contribution in [0.4, 0.5) is 0 Å². The first kappa shape index (κ1) is 22.0. The Morgan fingerprint density at radius 2 is 1.97 bits per heavy atom. The second-order valence-corrected chi connectivity index (χ2v) is 7.94. The Hall–Kier alpha value is -3.26. The molecule has 0 amide bonds. The SMILES string of the molecule is COc1ccc(CN=C(NCCc2ccco2)N2CCN(Cc3cc(C)on3)CC2)cc1. The van der Waals surface area contributed by atoms with Gasteiger partial charge in [-0.15, -0.1) is 0 Å². The van der Waals surface area contributed by atoms with E-state index in [9.17, 15) is 0 Å². The van der Waals surface area contributed by atoms with Crippen molar-refractivity contribution in [1.82, 2.24) is 20.3 Å². The lowest BCUT2D eigenvalue weighted by molar-refractivity contribution is 0.169. The molecule has 1 saturated heterocycles. The average Bonchev–Trinajstić information content (AvgIpc) is 3.49. The van der Waals surface area contributed by atoms with Crippen molar-refractivity contribution in [2.24, 2.45) is 4.99 Å². The number of hydrogen-bond acceptors (Lipinski definition) is 6. The Labute approximate surface area is 188 Å². The largest absolute Gasteiger partial charge is 0.497 e. The second kappa shape index (κ2) is 10.9. The van der Waals surface area contributed by atoms with Crippen molar-refractivity contribution >= 4 is 5.96 Å². The summed E-state index contributed by atoms with van der Waals surface area (Å²) in [6.45, 7) is 7.85. The number of hydrogen-bond donors (Lipinski definition) is 1. The molecule has 8 heteroatoms. The molecular formula is C24H31N5O3. The number of piperazine rings is 1. The molecular weight excluding hydrogens is 406 g/mol. The van der Waals surface area contributed by atoms with Gasteiger partial charge in [0.2, 0.25) is 0 Å². The number of methoxy groups -OCH3 is 1. The lowest BCUT2D eigenvalue weighted by Gasteiger charge is -2.36. The smallest absolute Gasteiger partial charge is 0.194 e. The molecule has 0 saturated carbocycles. The molecule has 8 nitrogen and oxygen atoms in total. The first-order valence-electron chi connectivity index (χ1n) is 11.0. The summed E-state index contributed by atoms with van der Waals surface area (Å²) in [7, 11) is 1.68. The van der Waals surface area contributed by atoms with E-state index in [1.807, 2.05) is 37.3 Å². The molecule has 3 heterocycles. The van der Waals surface area contributed by atoms with Gasteiger partial charge in [0.05, 0.1) is 25.6 Å². The lowest BCUT2D eigenvalue weighted by Crippen LogP contribution is -2.52. The highest BCUT2D eigenvalue weighted by Gasteiger charge is 2.20. The van der Waals surface area contributed by atoms with E-state index in [1.54, 1.807) is 13.4 Å². The lowest BCUT2D eigenvalue weighted by atomic mass is 10.2. The predicted octanol–water partition coefficient (Wildman–Crippen LogP) is 3.09. The van der Waals surface area contributed by atoms with E-state index < -0.39 is 0 Å². The molecule has 170 valence electrons. The third-order valence-corrected chi connectivity index (χ3v) is 5.54. The Morgan fingerprint density at radius 3 is 2.62 bits per heavy atom. The normalized spacial score (nSPS) is 15.2. The molecule has 1 aromatic carbocycles. The zero-order chi connectivity index (χ0) is 22.2. The van der Waals surface area contributed by atoms with Crippen LogP contribution >= 0.6 is 0 Å². The minimum absolute atomic E-state index is 0.617. The number of aryl methyl sites for hydroxylation is 1. The second-order valence-electron chi connectivity index (χ2n) is 7.94. The van der Waals surface area contributed by atoms with E-state index in [0.29, 0.717) is 6.54 Å². The summed E-state index contributed by atoms with van der Waals surface area (Å²) < 4.78 is 15.9. The van der Waals surface area contributed by atoms with Crippen LogP contribution in [0.5, 0.6) is 5.75 Å². The summed E-state index contributed by atoms with van der Waals surface area (Å²) in [6, 6.07) is 14.0. The molecule has 0 aliphatic carbocycles. The van der Waals surface area contributed by atoms with Gasteiger partial charge in [-0.3, -0.25) is 4.90 Å². The summed E-state index contributed by atoms with van der Waals surface area (Å²) in [5.74, 6) is 3.62. The Morgan fingerprint density at radius 1 is 1.16 bits per heavy atom. The Kier molecular flexibility index (Phi) is 7.45. The van der Waals surface area contributed by atoms with Crippen molar-refractivity contribution in [1.29, 1.82) is 0 Å². The quantitative estimate of drug-likeness (QED) is 0.428. The van der Waals surface area contributed by atoms with Crippen molar-refractivity contribution in [2.75, 3.05) is 39.8 Å². The fraction of sp³-hybridized carbons (Fsp3) is 0.417. The zero-order valence-electron chi connectivity index (χ0n) is 18.8. The number of aliphatic imine (C=N–C) groups is 1. The highest BCUT2D eigenvalue weighted by Crippen LogP contribution is 2.13. The third-order valence-electron chi connectivity index (χ3n) is 5.54. The van der Waals surface area contributed by atoms with Crippen LogP contribution in [0.1, 0.15) is 22.8 Å². The third kappa shape index (κ3) is 6.13. The fourth-order valence-electron chi connectivity index (χ4n) is 3.76. The molecule has 2 aromatic heterocycles. The van der Waals surface area contributed by atoms with Gasteiger partial charge in [-0.25, -0.2) is 4.99 Å².